The summed E-state index contributed by atoms with van der Waals surface area (Å²) in [4.78, 5) is 0. The van der Waals surface area contributed by atoms with E-state index in [1.165, 1.54) is 25.7 Å². The van der Waals surface area contributed by atoms with Crippen molar-refractivity contribution in [3.63, 3.8) is 0 Å². The highest BCUT2D eigenvalue weighted by Crippen LogP contribution is 2.58. The van der Waals surface area contributed by atoms with Crippen molar-refractivity contribution in [3.05, 3.63) is 36.5 Å². The van der Waals surface area contributed by atoms with Crippen molar-refractivity contribution < 1.29 is 9.47 Å². The van der Waals surface area contributed by atoms with E-state index in [4.69, 9.17) is 9.47 Å². The summed E-state index contributed by atoms with van der Waals surface area (Å²) in [6, 6.07) is 0. The van der Waals surface area contributed by atoms with Gasteiger partial charge in [-0.3, -0.25) is 0 Å². The molecule has 2 saturated carbocycles. The van der Waals surface area contributed by atoms with Crippen molar-refractivity contribution in [2.45, 2.75) is 37.9 Å². The minimum absolute atomic E-state index is 0.334. The Hall–Kier alpha value is -0.860. The smallest absolute Gasteiger partial charge is 0.175 e. The van der Waals surface area contributed by atoms with E-state index in [1.807, 2.05) is 0 Å². The number of fused-ring (bicyclic) bond motifs is 4. The summed E-state index contributed by atoms with van der Waals surface area (Å²) in [5.74, 6) is 3.69. The molecule has 2 heteroatoms. The van der Waals surface area contributed by atoms with Gasteiger partial charge in [0.05, 0.1) is 13.2 Å². The standard InChI is InChI=1S/C20H26O2/c1-2-8-21-20(22-9-3-1,18-12-14-4-6-16(18)10-14)19-13-15-5-7-17(19)11-15/h1-2,4-7,14-19H,3,8-13H2/b2-1-. The molecule has 6 atom stereocenters. The quantitative estimate of drug-likeness (QED) is 0.715. The molecule has 5 aliphatic rings. The molecule has 0 amide bonds. The van der Waals surface area contributed by atoms with Crippen molar-refractivity contribution in [1.29, 1.82) is 0 Å². The molecule has 0 aromatic carbocycles. The molecule has 22 heavy (non-hydrogen) atoms. The predicted molar refractivity (Wildman–Crippen MR) is 86.1 cm³/mol. The van der Waals surface area contributed by atoms with Gasteiger partial charge in [0, 0.05) is 11.8 Å². The van der Waals surface area contributed by atoms with E-state index < -0.39 is 0 Å². The van der Waals surface area contributed by atoms with Crippen LogP contribution in [0.25, 0.3) is 0 Å². The summed E-state index contributed by atoms with van der Waals surface area (Å²) in [6.07, 6.45) is 20.4. The molecule has 1 aliphatic heterocycles. The average Bonchev–Trinajstić information content (AvgIpc) is 3.28. The zero-order valence-corrected chi connectivity index (χ0v) is 13.2. The fourth-order valence-corrected chi connectivity index (χ4v) is 5.88. The second-order valence-corrected chi connectivity index (χ2v) is 7.91. The summed E-state index contributed by atoms with van der Waals surface area (Å²) in [7, 11) is 0. The molecule has 2 fully saturated rings. The second kappa shape index (κ2) is 5.07. The third kappa shape index (κ3) is 1.93. The Balaban J connectivity index is 1.51. The minimum atomic E-state index is -0.334. The molecule has 1 heterocycles. The zero-order valence-electron chi connectivity index (χ0n) is 13.2. The Bertz CT molecular complexity index is 498. The maximum Gasteiger partial charge on any atom is 0.175 e. The third-order valence-corrected chi connectivity index (χ3v) is 6.78. The van der Waals surface area contributed by atoms with Gasteiger partial charge in [0.1, 0.15) is 0 Å². The lowest BCUT2D eigenvalue weighted by atomic mass is 9.73. The Kier molecular flexibility index (Phi) is 3.13. The molecule has 2 nitrogen and oxygen atoms in total. The van der Waals surface area contributed by atoms with Crippen LogP contribution in [0.1, 0.15) is 32.1 Å². The fraction of sp³-hybridized carbons (Fsp3) is 0.700. The SMILES string of the molecule is C1=CC2CC1CC2C1(C2CC3C=CC2C3)OC/C=C\CCO1. The number of allylic oxidation sites excluding steroid dienone is 4. The van der Waals surface area contributed by atoms with E-state index >= 15 is 0 Å². The van der Waals surface area contributed by atoms with E-state index in [9.17, 15) is 0 Å². The van der Waals surface area contributed by atoms with Crippen LogP contribution in [0, 0.1) is 35.5 Å². The second-order valence-electron chi connectivity index (χ2n) is 7.91. The van der Waals surface area contributed by atoms with Crippen molar-refractivity contribution in [3.8, 4) is 0 Å². The van der Waals surface area contributed by atoms with Gasteiger partial charge in [0.2, 0.25) is 0 Å². The van der Waals surface area contributed by atoms with Gasteiger partial charge in [-0.25, -0.2) is 0 Å². The van der Waals surface area contributed by atoms with Crippen molar-refractivity contribution in [2.24, 2.45) is 35.5 Å². The van der Waals surface area contributed by atoms with Gasteiger partial charge >= 0.3 is 0 Å². The molecular formula is C20H26O2. The Morgan fingerprint density at radius 1 is 0.727 bits per heavy atom. The maximum atomic E-state index is 6.60. The lowest BCUT2D eigenvalue weighted by Gasteiger charge is -2.47. The monoisotopic (exact) mass is 298 g/mol. The topological polar surface area (TPSA) is 18.5 Å². The Morgan fingerprint density at radius 2 is 1.41 bits per heavy atom. The molecular weight excluding hydrogens is 272 g/mol. The Labute approximate surface area is 133 Å². The molecule has 0 radical (unpaired) electrons. The highest BCUT2D eigenvalue weighted by Gasteiger charge is 2.58. The first kappa shape index (κ1) is 13.6. The first-order valence-electron chi connectivity index (χ1n) is 9.15. The first-order valence-corrected chi connectivity index (χ1v) is 9.15. The zero-order chi connectivity index (χ0) is 14.6. The van der Waals surface area contributed by atoms with Crippen LogP contribution in [0.2, 0.25) is 0 Å². The highest BCUT2D eigenvalue weighted by molar-refractivity contribution is 5.18. The van der Waals surface area contributed by atoms with Crippen molar-refractivity contribution in [1.82, 2.24) is 0 Å². The highest BCUT2D eigenvalue weighted by atomic mass is 16.7. The van der Waals surface area contributed by atoms with Gasteiger partial charge in [0.15, 0.2) is 5.79 Å². The molecule has 4 bridgehead atoms. The molecule has 118 valence electrons. The largest absolute Gasteiger partial charge is 0.349 e. The number of hydrogen-bond acceptors (Lipinski definition) is 2. The van der Waals surface area contributed by atoms with Crippen LogP contribution >= 0.6 is 0 Å². The van der Waals surface area contributed by atoms with Crippen molar-refractivity contribution in [2.75, 3.05) is 13.2 Å². The van der Waals surface area contributed by atoms with Crippen LogP contribution in [0.15, 0.2) is 36.5 Å². The molecule has 0 saturated heterocycles. The molecule has 0 spiro atoms. The molecule has 6 unspecified atom stereocenters. The lowest BCUT2D eigenvalue weighted by Crippen LogP contribution is -2.53. The van der Waals surface area contributed by atoms with E-state index in [-0.39, 0.29) is 5.79 Å². The summed E-state index contributed by atoms with van der Waals surface area (Å²) < 4.78 is 13.2. The number of hydrogen-bond donors (Lipinski definition) is 0. The minimum Gasteiger partial charge on any atom is -0.349 e. The third-order valence-electron chi connectivity index (χ3n) is 6.78. The van der Waals surface area contributed by atoms with Gasteiger partial charge in [-0.05, 0) is 55.8 Å². The van der Waals surface area contributed by atoms with Crippen LogP contribution in [-0.4, -0.2) is 19.0 Å². The summed E-state index contributed by atoms with van der Waals surface area (Å²) in [6.45, 7) is 1.53. The first-order chi connectivity index (χ1) is 10.9. The summed E-state index contributed by atoms with van der Waals surface area (Å²) in [5, 5.41) is 0. The lowest BCUT2D eigenvalue weighted by molar-refractivity contribution is -0.300. The van der Waals surface area contributed by atoms with Crippen LogP contribution in [0.4, 0.5) is 0 Å². The van der Waals surface area contributed by atoms with Gasteiger partial charge in [0.25, 0.3) is 0 Å². The van der Waals surface area contributed by atoms with E-state index in [1.54, 1.807) is 0 Å². The number of rotatable bonds is 2. The molecule has 4 aliphatic carbocycles. The van der Waals surface area contributed by atoms with E-state index in [0.717, 1.165) is 31.5 Å². The van der Waals surface area contributed by atoms with E-state index in [2.05, 4.69) is 36.5 Å². The average molecular weight is 298 g/mol. The van der Waals surface area contributed by atoms with Gasteiger partial charge < -0.3 is 9.47 Å². The van der Waals surface area contributed by atoms with Gasteiger partial charge in [-0.1, -0.05) is 36.5 Å². The molecule has 0 aromatic heterocycles. The molecule has 0 N–H and O–H groups in total. The van der Waals surface area contributed by atoms with E-state index in [0.29, 0.717) is 23.7 Å². The molecule has 5 rings (SSSR count). The van der Waals surface area contributed by atoms with Crippen molar-refractivity contribution >= 4 is 0 Å². The van der Waals surface area contributed by atoms with Gasteiger partial charge in [-0.15, -0.1) is 0 Å². The Morgan fingerprint density at radius 3 is 1.95 bits per heavy atom. The van der Waals surface area contributed by atoms with Crippen LogP contribution in [-0.2, 0) is 9.47 Å². The van der Waals surface area contributed by atoms with Crippen LogP contribution in [0.3, 0.4) is 0 Å². The normalized spacial score (nSPS) is 53.8. The predicted octanol–water partition coefficient (Wildman–Crippen LogP) is 4.10. The van der Waals surface area contributed by atoms with Crippen LogP contribution in [0.5, 0.6) is 0 Å². The number of ether oxygens (including phenoxy) is 2. The molecule has 0 aromatic rings. The van der Waals surface area contributed by atoms with Gasteiger partial charge in [-0.2, -0.15) is 0 Å². The van der Waals surface area contributed by atoms with Crippen LogP contribution < -0.4 is 0 Å². The fourth-order valence-electron chi connectivity index (χ4n) is 5.88. The summed E-state index contributed by atoms with van der Waals surface area (Å²) in [5.41, 5.74) is 0. The summed E-state index contributed by atoms with van der Waals surface area (Å²) >= 11 is 0. The maximum absolute atomic E-state index is 6.60.